The smallest absolute Gasteiger partial charge is 0.303 e. The molecule has 2 heteroatoms. The van der Waals surface area contributed by atoms with E-state index in [1.807, 2.05) is 6.92 Å². The molecule has 1 rings (SSSR count). The zero-order chi connectivity index (χ0) is 11.4. The van der Waals surface area contributed by atoms with E-state index in [4.69, 9.17) is 5.11 Å². The Morgan fingerprint density at radius 3 is 2.60 bits per heavy atom. The summed E-state index contributed by atoms with van der Waals surface area (Å²) in [5.74, 6) is -0.237. The number of carbonyl (C=O) groups is 1. The fraction of sp³-hybridized carbons (Fsp3) is 0.462. The van der Waals surface area contributed by atoms with Crippen LogP contribution in [0.5, 0.6) is 0 Å². The van der Waals surface area contributed by atoms with Crippen LogP contribution in [0.2, 0.25) is 0 Å². The maximum atomic E-state index is 10.5. The highest BCUT2D eigenvalue weighted by atomic mass is 16.4. The number of benzene rings is 1. The van der Waals surface area contributed by atoms with Crippen molar-refractivity contribution < 1.29 is 9.90 Å². The fourth-order valence-electron chi connectivity index (χ4n) is 1.56. The number of carboxylic acids is 1. The van der Waals surface area contributed by atoms with Crippen molar-refractivity contribution >= 4 is 5.97 Å². The number of hydrogen-bond acceptors (Lipinski definition) is 1. The molecule has 15 heavy (non-hydrogen) atoms. The van der Waals surface area contributed by atoms with Crippen molar-refractivity contribution in [1.29, 1.82) is 0 Å². The van der Waals surface area contributed by atoms with Crippen LogP contribution in [0.3, 0.4) is 0 Å². The van der Waals surface area contributed by atoms with Crippen molar-refractivity contribution in [2.45, 2.75) is 39.5 Å². The van der Waals surface area contributed by atoms with Gasteiger partial charge in [-0.2, -0.15) is 0 Å². The highest BCUT2D eigenvalue weighted by Crippen LogP contribution is 2.19. The van der Waals surface area contributed by atoms with Crippen molar-refractivity contribution in [1.82, 2.24) is 0 Å². The summed E-state index contributed by atoms with van der Waals surface area (Å²) >= 11 is 0. The lowest BCUT2D eigenvalue weighted by Crippen LogP contribution is -2.00. The summed E-state index contributed by atoms with van der Waals surface area (Å²) < 4.78 is 0. The molecule has 2 nitrogen and oxygen atoms in total. The van der Waals surface area contributed by atoms with Crippen LogP contribution in [0.1, 0.15) is 42.9 Å². The molecule has 0 aliphatic rings. The van der Waals surface area contributed by atoms with Crippen LogP contribution in [-0.2, 0) is 11.2 Å². The zero-order valence-electron chi connectivity index (χ0n) is 9.58. The lowest BCUT2D eigenvalue weighted by atomic mass is 9.96. The second kappa shape index (κ2) is 4.96. The standard InChI is InChI=1S/C13H18O2/c1-9(2)11-5-4-10(3)12(8-11)6-7-13(14)15/h4-5,8-9H,6-7H2,1-3H3,(H,14,15). The van der Waals surface area contributed by atoms with Gasteiger partial charge in [0.2, 0.25) is 0 Å². The fourth-order valence-corrected chi connectivity index (χ4v) is 1.56. The molecule has 0 heterocycles. The summed E-state index contributed by atoms with van der Waals surface area (Å²) in [6.07, 6.45) is 0.837. The molecule has 1 N–H and O–H groups in total. The molecule has 1 aromatic rings. The number of hydrogen-bond donors (Lipinski definition) is 1. The highest BCUT2D eigenvalue weighted by Gasteiger charge is 2.05. The third-order valence-electron chi connectivity index (χ3n) is 2.65. The molecule has 0 spiro atoms. The van der Waals surface area contributed by atoms with Crippen molar-refractivity contribution in [2.75, 3.05) is 0 Å². The van der Waals surface area contributed by atoms with E-state index in [0.29, 0.717) is 12.3 Å². The molecule has 0 fully saturated rings. The second-order valence-corrected chi connectivity index (χ2v) is 4.23. The molecule has 0 atom stereocenters. The van der Waals surface area contributed by atoms with Gasteiger partial charge < -0.3 is 5.11 Å². The summed E-state index contributed by atoms with van der Waals surface area (Å²) in [7, 11) is 0. The third kappa shape index (κ3) is 3.39. The first-order valence-corrected chi connectivity index (χ1v) is 5.32. The Bertz CT molecular complexity index is 354. The molecule has 1 aromatic carbocycles. The molecule has 0 radical (unpaired) electrons. The van der Waals surface area contributed by atoms with Crippen LogP contribution in [-0.4, -0.2) is 11.1 Å². The highest BCUT2D eigenvalue weighted by molar-refractivity contribution is 5.67. The summed E-state index contributed by atoms with van der Waals surface area (Å²) in [5, 5.41) is 8.64. The maximum Gasteiger partial charge on any atom is 0.303 e. The second-order valence-electron chi connectivity index (χ2n) is 4.23. The van der Waals surface area contributed by atoms with Gasteiger partial charge in [-0.3, -0.25) is 4.79 Å². The number of aliphatic carboxylic acids is 1. The Labute approximate surface area is 90.9 Å². The summed E-state index contributed by atoms with van der Waals surface area (Å²) in [4.78, 5) is 10.5. The summed E-state index contributed by atoms with van der Waals surface area (Å²) in [5.41, 5.74) is 3.62. The monoisotopic (exact) mass is 206 g/mol. The van der Waals surface area contributed by atoms with Gasteiger partial charge in [-0.15, -0.1) is 0 Å². The minimum Gasteiger partial charge on any atom is -0.481 e. The van der Waals surface area contributed by atoms with Gasteiger partial charge in [0.1, 0.15) is 0 Å². The first kappa shape index (κ1) is 11.8. The summed E-state index contributed by atoms with van der Waals surface area (Å²) in [6.45, 7) is 6.32. The van der Waals surface area contributed by atoms with E-state index in [9.17, 15) is 4.79 Å². The first-order valence-electron chi connectivity index (χ1n) is 5.32. The Morgan fingerprint density at radius 2 is 2.07 bits per heavy atom. The normalized spacial score (nSPS) is 10.7. The van der Waals surface area contributed by atoms with Gasteiger partial charge in [-0.25, -0.2) is 0 Å². The van der Waals surface area contributed by atoms with E-state index in [1.54, 1.807) is 0 Å². The van der Waals surface area contributed by atoms with Gasteiger partial charge >= 0.3 is 5.97 Å². The minimum atomic E-state index is -0.732. The third-order valence-corrected chi connectivity index (χ3v) is 2.65. The largest absolute Gasteiger partial charge is 0.481 e. The van der Waals surface area contributed by atoms with Gasteiger partial charge in [0.05, 0.1) is 0 Å². The van der Waals surface area contributed by atoms with Gasteiger partial charge in [-0.05, 0) is 36.0 Å². The van der Waals surface area contributed by atoms with Gasteiger partial charge in [0.25, 0.3) is 0 Å². The Morgan fingerprint density at radius 1 is 1.40 bits per heavy atom. The van der Waals surface area contributed by atoms with Crippen LogP contribution in [0.25, 0.3) is 0 Å². The van der Waals surface area contributed by atoms with Crippen molar-refractivity contribution in [3.05, 3.63) is 34.9 Å². The van der Waals surface area contributed by atoms with E-state index >= 15 is 0 Å². The molecule has 0 unspecified atom stereocenters. The van der Waals surface area contributed by atoms with E-state index in [1.165, 1.54) is 11.1 Å². The molecule has 0 aliphatic carbocycles. The Hall–Kier alpha value is -1.31. The van der Waals surface area contributed by atoms with Gasteiger partial charge in [0.15, 0.2) is 0 Å². The lowest BCUT2D eigenvalue weighted by Gasteiger charge is -2.10. The topological polar surface area (TPSA) is 37.3 Å². The number of rotatable bonds is 4. The average molecular weight is 206 g/mol. The zero-order valence-corrected chi connectivity index (χ0v) is 9.58. The number of aryl methyl sites for hydroxylation is 2. The van der Waals surface area contributed by atoms with Crippen LogP contribution in [0.4, 0.5) is 0 Å². The predicted molar refractivity (Wildman–Crippen MR) is 61.2 cm³/mol. The molecular formula is C13H18O2. The van der Waals surface area contributed by atoms with Crippen LogP contribution in [0.15, 0.2) is 18.2 Å². The maximum absolute atomic E-state index is 10.5. The summed E-state index contributed by atoms with van der Waals surface area (Å²) in [6, 6.07) is 6.32. The predicted octanol–water partition coefficient (Wildman–Crippen LogP) is 3.14. The molecular weight excluding hydrogens is 188 g/mol. The lowest BCUT2D eigenvalue weighted by molar-refractivity contribution is -0.136. The Kier molecular flexibility index (Phi) is 3.89. The van der Waals surface area contributed by atoms with Gasteiger partial charge in [0, 0.05) is 6.42 Å². The SMILES string of the molecule is Cc1ccc(C(C)C)cc1CCC(=O)O. The average Bonchev–Trinajstić information content (AvgIpc) is 2.16. The van der Waals surface area contributed by atoms with Crippen molar-refractivity contribution in [3.8, 4) is 0 Å². The molecule has 0 aliphatic heterocycles. The number of carboxylic acid groups (broad SMARTS) is 1. The van der Waals surface area contributed by atoms with Crippen LogP contribution < -0.4 is 0 Å². The van der Waals surface area contributed by atoms with Gasteiger partial charge in [-0.1, -0.05) is 32.0 Å². The van der Waals surface area contributed by atoms with E-state index in [0.717, 1.165) is 5.56 Å². The van der Waals surface area contributed by atoms with Crippen molar-refractivity contribution in [3.63, 3.8) is 0 Å². The van der Waals surface area contributed by atoms with Crippen LogP contribution >= 0.6 is 0 Å². The van der Waals surface area contributed by atoms with Crippen molar-refractivity contribution in [2.24, 2.45) is 0 Å². The quantitative estimate of drug-likeness (QED) is 0.821. The molecule has 0 amide bonds. The molecule has 0 saturated heterocycles. The molecule has 0 saturated carbocycles. The van der Waals surface area contributed by atoms with E-state index < -0.39 is 5.97 Å². The minimum absolute atomic E-state index is 0.211. The molecule has 0 aromatic heterocycles. The van der Waals surface area contributed by atoms with E-state index in [-0.39, 0.29) is 6.42 Å². The molecule has 0 bridgehead atoms. The Balaban J connectivity index is 2.85. The van der Waals surface area contributed by atoms with E-state index in [2.05, 4.69) is 32.0 Å². The molecule has 82 valence electrons. The first-order chi connectivity index (χ1) is 7.00. The van der Waals surface area contributed by atoms with Crippen LogP contribution in [0, 0.1) is 6.92 Å².